The van der Waals surface area contributed by atoms with Gasteiger partial charge in [0.2, 0.25) is 0 Å². The van der Waals surface area contributed by atoms with Crippen LogP contribution in [0.5, 0.6) is 0 Å². The van der Waals surface area contributed by atoms with E-state index in [0.29, 0.717) is 35.3 Å². The van der Waals surface area contributed by atoms with E-state index < -0.39 is 0 Å². The van der Waals surface area contributed by atoms with E-state index >= 15 is 0 Å². The highest BCUT2D eigenvalue weighted by Gasteiger charge is 2.13. The van der Waals surface area contributed by atoms with E-state index in [-0.39, 0.29) is 0 Å². The summed E-state index contributed by atoms with van der Waals surface area (Å²) >= 11 is 0. The molecule has 0 N–H and O–H groups in total. The monoisotopic (exact) mass is 221 g/mol. The predicted octanol–water partition coefficient (Wildman–Crippen LogP) is 0.839. The van der Waals surface area contributed by atoms with Crippen LogP contribution >= 0.6 is 0 Å². The third kappa shape index (κ3) is 2.18. The minimum absolute atomic E-state index is 0.415. The summed E-state index contributed by atoms with van der Waals surface area (Å²) in [7, 11) is 7.20. The Hall–Kier alpha value is -1.91. The highest BCUT2D eigenvalue weighted by atomic mass is 16.1. The van der Waals surface area contributed by atoms with Gasteiger partial charge in [0.25, 0.3) is 0 Å². The zero-order valence-corrected chi connectivity index (χ0v) is 9.89. The van der Waals surface area contributed by atoms with Gasteiger partial charge in [-0.25, -0.2) is 4.98 Å². The first-order valence-electron chi connectivity index (χ1n) is 4.81. The number of hydrogen-bond acceptors (Lipinski definition) is 5. The molecule has 1 heterocycles. The number of nitrogens with zero attached hydrogens (tertiary/aromatic N) is 3. The van der Waals surface area contributed by atoms with Crippen LogP contribution in [-0.4, -0.2) is 45.7 Å². The summed E-state index contributed by atoms with van der Waals surface area (Å²) < 4.78 is 0. The van der Waals surface area contributed by atoms with E-state index in [1.807, 2.05) is 0 Å². The average Bonchev–Trinajstić information content (AvgIpc) is 2.26. The normalized spacial score (nSPS) is 9.75. The molecular weight excluding hydrogens is 206 g/mol. The standard InChI is InChI=1S/C11H15N3O2/c1-13(2)10-8(6-15)5-9(7-16)11(12-10)14(3)4/h5-7H,1-4H3. The molecule has 5 heteroatoms. The van der Waals surface area contributed by atoms with Crippen LogP contribution in [0.15, 0.2) is 6.07 Å². The molecule has 0 bridgehead atoms. The summed E-state index contributed by atoms with van der Waals surface area (Å²) in [6.45, 7) is 0. The molecule has 5 nitrogen and oxygen atoms in total. The lowest BCUT2D eigenvalue weighted by Crippen LogP contribution is -2.19. The van der Waals surface area contributed by atoms with Gasteiger partial charge in [0.15, 0.2) is 12.6 Å². The molecule has 16 heavy (non-hydrogen) atoms. The molecule has 0 radical (unpaired) electrons. The van der Waals surface area contributed by atoms with Crippen molar-refractivity contribution in [3.63, 3.8) is 0 Å². The molecule has 0 aliphatic carbocycles. The minimum Gasteiger partial charge on any atom is -0.362 e. The molecule has 0 spiro atoms. The molecule has 0 fully saturated rings. The lowest BCUT2D eigenvalue weighted by atomic mass is 10.2. The highest BCUT2D eigenvalue weighted by Crippen LogP contribution is 2.22. The maximum absolute atomic E-state index is 10.9. The largest absolute Gasteiger partial charge is 0.362 e. The van der Waals surface area contributed by atoms with Crippen molar-refractivity contribution >= 4 is 24.2 Å². The Morgan fingerprint density at radius 3 is 1.56 bits per heavy atom. The smallest absolute Gasteiger partial charge is 0.153 e. The molecule has 0 aromatic carbocycles. The van der Waals surface area contributed by atoms with Crippen molar-refractivity contribution in [3.8, 4) is 0 Å². The fourth-order valence-corrected chi connectivity index (χ4v) is 1.42. The fourth-order valence-electron chi connectivity index (χ4n) is 1.42. The van der Waals surface area contributed by atoms with E-state index in [4.69, 9.17) is 0 Å². The van der Waals surface area contributed by atoms with Crippen molar-refractivity contribution in [3.05, 3.63) is 17.2 Å². The Labute approximate surface area is 94.7 Å². The summed E-state index contributed by atoms with van der Waals surface area (Å²) in [5.41, 5.74) is 0.829. The number of rotatable bonds is 4. The van der Waals surface area contributed by atoms with Crippen LogP contribution in [0.3, 0.4) is 0 Å². The fraction of sp³-hybridized carbons (Fsp3) is 0.364. The number of pyridine rings is 1. The molecule has 86 valence electrons. The van der Waals surface area contributed by atoms with Gasteiger partial charge in [-0.1, -0.05) is 0 Å². The quantitative estimate of drug-likeness (QED) is 0.705. The average molecular weight is 221 g/mol. The molecule has 0 saturated carbocycles. The Bertz CT molecular complexity index is 379. The molecule has 0 aliphatic heterocycles. The summed E-state index contributed by atoms with van der Waals surface area (Å²) in [6.07, 6.45) is 1.41. The van der Waals surface area contributed by atoms with Crippen LogP contribution in [-0.2, 0) is 0 Å². The number of aromatic nitrogens is 1. The van der Waals surface area contributed by atoms with Gasteiger partial charge in [-0.3, -0.25) is 9.59 Å². The number of hydrogen-bond donors (Lipinski definition) is 0. The van der Waals surface area contributed by atoms with Gasteiger partial charge in [0.1, 0.15) is 11.6 Å². The highest BCUT2D eigenvalue weighted by molar-refractivity contribution is 5.91. The van der Waals surface area contributed by atoms with Crippen molar-refractivity contribution in [2.45, 2.75) is 0 Å². The van der Waals surface area contributed by atoms with Gasteiger partial charge in [-0.15, -0.1) is 0 Å². The first-order valence-corrected chi connectivity index (χ1v) is 4.81. The number of carbonyl (C=O) groups excluding carboxylic acids is 2. The molecule has 1 aromatic heterocycles. The van der Waals surface area contributed by atoms with Gasteiger partial charge in [-0.05, 0) is 6.07 Å². The van der Waals surface area contributed by atoms with Crippen LogP contribution in [0, 0.1) is 0 Å². The van der Waals surface area contributed by atoms with Crippen molar-refractivity contribution in [2.75, 3.05) is 38.0 Å². The van der Waals surface area contributed by atoms with Crippen molar-refractivity contribution in [1.29, 1.82) is 0 Å². The van der Waals surface area contributed by atoms with E-state index in [1.165, 1.54) is 0 Å². The summed E-state index contributed by atoms with van der Waals surface area (Å²) in [5, 5.41) is 0. The zero-order valence-electron chi connectivity index (χ0n) is 9.89. The number of anilines is 2. The van der Waals surface area contributed by atoms with E-state index in [0.717, 1.165) is 0 Å². The molecule has 1 rings (SSSR count). The molecule has 0 saturated heterocycles. The minimum atomic E-state index is 0.415. The zero-order chi connectivity index (χ0) is 12.3. The van der Waals surface area contributed by atoms with Crippen molar-refractivity contribution in [2.24, 2.45) is 0 Å². The summed E-state index contributed by atoms with van der Waals surface area (Å²) in [6, 6.07) is 1.55. The van der Waals surface area contributed by atoms with Gasteiger partial charge in [0.05, 0.1) is 11.1 Å². The molecule has 0 aliphatic rings. The lowest BCUT2D eigenvalue weighted by molar-refractivity contribution is 0.112. The summed E-state index contributed by atoms with van der Waals surface area (Å²) in [4.78, 5) is 29.6. The van der Waals surface area contributed by atoms with Crippen molar-refractivity contribution < 1.29 is 9.59 Å². The molecule has 0 atom stereocenters. The SMILES string of the molecule is CN(C)c1nc(N(C)C)c(C=O)cc1C=O. The Morgan fingerprint density at radius 1 is 0.938 bits per heavy atom. The third-order valence-electron chi connectivity index (χ3n) is 2.14. The second-order valence-corrected chi connectivity index (χ2v) is 3.84. The molecular formula is C11H15N3O2. The van der Waals surface area contributed by atoms with E-state index in [2.05, 4.69) is 4.98 Å². The lowest BCUT2D eigenvalue weighted by Gasteiger charge is -2.19. The molecule has 0 unspecified atom stereocenters. The van der Waals surface area contributed by atoms with Crippen LogP contribution < -0.4 is 9.80 Å². The Kier molecular flexibility index (Phi) is 3.60. The number of aldehydes is 2. The van der Waals surface area contributed by atoms with Gasteiger partial charge >= 0.3 is 0 Å². The molecule has 0 amide bonds. The Balaban J connectivity index is 3.46. The maximum atomic E-state index is 10.9. The van der Waals surface area contributed by atoms with E-state index in [1.54, 1.807) is 44.1 Å². The van der Waals surface area contributed by atoms with E-state index in [9.17, 15) is 9.59 Å². The second kappa shape index (κ2) is 4.74. The maximum Gasteiger partial charge on any atom is 0.153 e. The van der Waals surface area contributed by atoms with Gasteiger partial charge in [0, 0.05) is 28.2 Å². The third-order valence-corrected chi connectivity index (χ3v) is 2.14. The van der Waals surface area contributed by atoms with Crippen LogP contribution in [0.2, 0.25) is 0 Å². The summed E-state index contributed by atoms with van der Waals surface area (Å²) in [5.74, 6) is 1.12. The predicted molar refractivity (Wildman–Crippen MR) is 63.7 cm³/mol. The molecule has 1 aromatic rings. The topological polar surface area (TPSA) is 53.5 Å². The first kappa shape index (κ1) is 12.2. The van der Waals surface area contributed by atoms with Gasteiger partial charge < -0.3 is 9.80 Å². The number of carbonyl (C=O) groups is 2. The second-order valence-electron chi connectivity index (χ2n) is 3.84. The Morgan fingerprint density at radius 2 is 1.31 bits per heavy atom. The van der Waals surface area contributed by atoms with Gasteiger partial charge in [-0.2, -0.15) is 0 Å². The van der Waals surface area contributed by atoms with Crippen LogP contribution in [0.25, 0.3) is 0 Å². The van der Waals surface area contributed by atoms with Crippen LogP contribution in [0.1, 0.15) is 20.7 Å². The van der Waals surface area contributed by atoms with Crippen LogP contribution in [0.4, 0.5) is 11.6 Å². The van der Waals surface area contributed by atoms with Crippen molar-refractivity contribution in [1.82, 2.24) is 4.98 Å². The first-order chi connectivity index (χ1) is 7.51.